The normalized spacial score (nSPS) is 10.5. The van der Waals surface area contributed by atoms with Gasteiger partial charge in [0.2, 0.25) is 10.7 Å². The third kappa shape index (κ3) is 12.2. The van der Waals surface area contributed by atoms with Crippen LogP contribution >= 0.6 is 0 Å². The summed E-state index contributed by atoms with van der Waals surface area (Å²) >= 11 is 0. The first-order valence-corrected chi connectivity index (χ1v) is 23.4. The molecule has 0 amide bonds. The number of nitrogens with zero attached hydrogens (tertiary/aromatic N) is 4. The van der Waals surface area contributed by atoms with Gasteiger partial charge in [-0.25, -0.2) is 18.7 Å². The van der Waals surface area contributed by atoms with Crippen molar-refractivity contribution in [1.82, 2.24) is 9.15 Å². The van der Waals surface area contributed by atoms with Crippen LogP contribution in [0.2, 0.25) is 0 Å². The number of hydrogen-bond acceptors (Lipinski definition) is 6. The summed E-state index contributed by atoms with van der Waals surface area (Å²) in [6, 6.07) is 39.2. The summed E-state index contributed by atoms with van der Waals surface area (Å²) in [6.45, 7) is 24.3. The molecule has 0 saturated carbocycles. The topological polar surface area (TPSA) is 145 Å². The molecule has 2 aliphatic carbocycles. The number of hydrogen-bond donors (Lipinski definition) is 2. The number of halogens is 2. The molecule has 0 radical (unpaired) electrons. The Morgan fingerprint density at radius 3 is 1.13 bits per heavy atom. The van der Waals surface area contributed by atoms with Crippen LogP contribution in [0.15, 0.2) is 130 Å². The first kappa shape index (κ1) is 59.3. The van der Waals surface area contributed by atoms with Crippen LogP contribution in [0.3, 0.4) is 0 Å². The molecule has 4 aliphatic rings. The summed E-state index contributed by atoms with van der Waals surface area (Å²) in [6.07, 6.45) is 0. The average molecular weight is 1020 g/mol. The molecule has 0 saturated heterocycles. The van der Waals surface area contributed by atoms with Crippen molar-refractivity contribution in [3.63, 3.8) is 0 Å². The zero-order valence-corrected chi connectivity index (χ0v) is 46.4. The van der Waals surface area contributed by atoms with Gasteiger partial charge in [-0.05, 0) is 115 Å². The van der Waals surface area contributed by atoms with Crippen LogP contribution in [0.25, 0.3) is 66.8 Å². The summed E-state index contributed by atoms with van der Waals surface area (Å²) in [5, 5.41) is 23.8. The molecule has 0 atom stereocenters. The first-order valence-electron chi connectivity index (χ1n) is 23.4. The van der Waals surface area contributed by atoms with E-state index in [4.69, 9.17) is 8.83 Å². The van der Waals surface area contributed by atoms with Crippen molar-refractivity contribution >= 4 is 45.3 Å². The largest absolute Gasteiger partial charge is 1.00 e. The Morgan fingerprint density at radius 1 is 0.471 bits per heavy atom. The van der Waals surface area contributed by atoms with E-state index >= 15 is 0 Å². The van der Waals surface area contributed by atoms with Gasteiger partial charge in [0, 0.05) is 94.8 Å². The maximum absolute atomic E-state index is 12.1. The third-order valence-electron chi connectivity index (χ3n) is 12.7. The van der Waals surface area contributed by atoms with E-state index < -0.39 is 11.9 Å². The number of carbonyl (C=O) groups is 2. The maximum Gasteiger partial charge on any atom is 1.00 e. The molecule has 14 heteroatoms. The van der Waals surface area contributed by atoms with Crippen LogP contribution in [0.1, 0.15) is 76.1 Å². The molecule has 0 unspecified atom stereocenters. The molecule has 364 valence electrons. The van der Waals surface area contributed by atoms with E-state index in [0.717, 1.165) is 130 Å². The Labute approximate surface area is 466 Å². The van der Waals surface area contributed by atoms with E-state index in [9.17, 15) is 19.8 Å². The van der Waals surface area contributed by atoms with Crippen molar-refractivity contribution in [2.24, 2.45) is 0 Å². The van der Waals surface area contributed by atoms with Crippen molar-refractivity contribution in [2.75, 3.05) is 62.2 Å². The first-order chi connectivity index (χ1) is 32.0. The van der Waals surface area contributed by atoms with Gasteiger partial charge in [0.1, 0.15) is 48.9 Å². The number of fused-ring (bicyclic) bond motifs is 4. The zero-order chi connectivity index (χ0) is 47.1. The number of rotatable bonds is 14. The summed E-state index contributed by atoms with van der Waals surface area (Å²) < 4.78 is 17.5. The van der Waals surface area contributed by atoms with Crippen molar-refractivity contribution in [3.8, 4) is 44.9 Å². The third-order valence-corrected chi connectivity index (χ3v) is 12.7. The maximum atomic E-state index is 12.1. The summed E-state index contributed by atoms with van der Waals surface area (Å²) in [7, 11) is 0. The van der Waals surface area contributed by atoms with Gasteiger partial charge in [0.15, 0.2) is 0 Å². The molecule has 0 aromatic heterocycles. The molecule has 4 N–H and O–H groups in total. The van der Waals surface area contributed by atoms with Crippen LogP contribution in [0.4, 0.5) is 11.4 Å². The fraction of sp³-hybridized carbons (Fsp3) is 0.286. The van der Waals surface area contributed by atoms with Gasteiger partial charge in [-0.15, -0.1) is 0 Å². The number of aromatic carboxylic acids is 2. The number of anilines is 2. The van der Waals surface area contributed by atoms with Gasteiger partial charge in [-0.1, -0.05) is 36.4 Å². The Morgan fingerprint density at radius 2 is 0.814 bits per heavy atom. The summed E-state index contributed by atoms with van der Waals surface area (Å²) in [4.78, 5) is 28.7. The fourth-order valence-corrected chi connectivity index (χ4v) is 9.23. The predicted molar refractivity (Wildman–Crippen MR) is 274 cm³/mol. The number of carboxylic acids is 2. The predicted octanol–water partition coefficient (Wildman–Crippen LogP) is 1.31. The standard InChI is InChI=1S/2C28H30N2O3.2ClH.K.H2O/c2*1-5-29(6-2)19-13-15-23-25(17-19)33-26-18-20(30(7-3)8-4)14-16-24(26)27(23)21-11-9-10-12-22(21)28(31)32;;;;/h2*9-18H,5-8H2,1-4H3;2*1H;;1H2/q;;;;+1;. The minimum Gasteiger partial charge on any atom is -1.00 e. The van der Waals surface area contributed by atoms with Crippen LogP contribution < -0.4 is 106 Å². The molecule has 11 nitrogen and oxygen atoms in total. The molecule has 0 spiro atoms. The molecule has 0 fully saturated rings. The van der Waals surface area contributed by atoms with Crippen molar-refractivity contribution in [3.05, 3.63) is 143 Å². The van der Waals surface area contributed by atoms with Crippen molar-refractivity contribution in [1.29, 1.82) is 0 Å². The quantitative estimate of drug-likeness (QED) is 0.0944. The number of benzene rings is 6. The Hall–Kier alpha value is -5.02. The molecule has 2 heterocycles. The van der Waals surface area contributed by atoms with Gasteiger partial charge in [-0.2, -0.15) is 0 Å². The minimum atomic E-state index is -0.938. The fourth-order valence-electron chi connectivity index (χ4n) is 9.23. The molecular formula is C56H64Cl2KN4O7+. The second-order valence-electron chi connectivity index (χ2n) is 16.1. The van der Waals surface area contributed by atoms with Gasteiger partial charge >= 0.3 is 63.3 Å². The molecule has 4 aromatic rings. The number of carboxylic acid groups (broad SMARTS) is 2. The zero-order valence-electron chi connectivity index (χ0n) is 41.8. The van der Waals surface area contributed by atoms with E-state index in [1.165, 1.54) is 0 Å². The molecule has 2 aliphatic heterocycles. The molecular weight excluding hydrogens is 951 g/mol. The SMILES string of the molecule is CCN(CC)c1ccc2c(-c3ccccc3C(=O)O)c3ccc(=[N+](CC)CC)cc-3oc2c1.CCN(CC)c1ccc2c(-c3ccccc3C(=O)O)c3ccc(=[N+](CC)CC)cc-3oc2c1.O.[Cl-].[Cl-].[K+]. The van der Waals surface area contributed by atoms with Crippen molar-refractivity contribution in [2.45, 2.75) is 55.4 Å². The van der Waals surface area contributed by atoms with Crippen LogP contribution in [0.5, 0.6) is 0 Å². The molecule has 70 heavy (non-hydrogen) atoms. The van der Waals surface area contributed by atoms with E-state index in [1.807, 2.05) is 24.3 Å². The van der Waals surface area contributed by atoms with E-state index in [0.29, 0.717) is 11.1 Å². The molecule has 4 aromatic carbocycles. The molecule has 0 bridgehead atoms. The molecule has 8 rings (SSSR count). The second kappa shape index (κ2) is 27.0. The van der Waals surface area contributed by atoms with Gasteiger partial charge < -0.3 is 59.1 Å². The van der Waals surface area contributed by atoms with Crippen LogP contribution in [0, 0.1) is 0 Å². The summed E-state index contributed by atoms with van der Waals surface area (Å²) in [5.74, 6) is -0.378. The Bertz CT molecular complexity index is 2920. The van der Waals surface area contributed by atoms with E-state index in [1.54, 1.807) is 24.3 Å². The van der Waals surface area contributed by atoms with Crippen LogP contribution in [-0.4, -0.2) is 80.0 Å². The second-order valence-corrected chi connectivity index (χ2v) is 16.1. The monoisotopic (exact) mass is 1010 g/mol. The van der Waals surface area contributed by atoms with E-state index in [2.05, 4.69) is 147 Å². The van der Waals surface area contributed by atoms with Crippen molar-refractivity contribution < 1.29 is 110 Å². The smallest absolute Gasteiger partial charge is 1.00 e. The summed E-state index contributed by atoms with van der Waals surface area (Å²) in [5.41, 5.74) is 9.23. The Kier molecular flexibility index (Phi) is 22.9. The van der Waals surface area contributed by atoms with Gasteiger partial charge in [0.25, 0.3) is 0 Å². The van der Waals surface area contributed by atoms with Gasteiger partial charge in [0.05, 0.1) is 23.3 Å². The van der Waals surface area contributed by atoms with E-state index in [-0.39, 0.29) is 92.8 Å². The van der Waals surface area contributed by atoms with Gasteiger partial charge in [-0.3, -0.25) is 0 Å². The average Bonchev–Trinajstić information content (AvgIpc) is 3.34. The minimum absolute atomic E-state index is 0. The van der Waals surface area contributed by atoms with Crippen LogP contribution in [-0.2, 0) is 0 Å². The Balaban J connectivity index is 0.000000350.